The normalized spacial score (nSPS) is 10.5. The van der Waals surface area contributed by atoms with Gasteiger partial charge in [-0.3, -0.25) is 0 Å². The molecule has 0 saturated carbocycles. The summed E-state index contributed by atoms with van der Waals surface area (Å²) in [6, 6.07) is 10.1. The van der Waals surface area contributed by atoms with Crippen LogP contribution >= 0.6 is 11.3 Å². The second-order valence-electron chi connectivity index (χ2n) is 4.08. The SMILES string of the molecule is COc1cccc(CCNCc2sccc2N)c1. The van der Waals surface area contributed by atoms with Crippen LogP contribution in [0.25, 0.3) is 0 Å². The molecule has 1 aromatic heterocycles. The largest absolute Gasteiger partial charge is 0.497 e. The number of nitrogens with two attached hydrogens (primary N) is 1. The van der Waals surface area contributed by atoms with Crippen molar-refractivity contribution < 1.29 is 4.74 Å². The molecule has 0 bridgehead atoms. The summed E-state index contributed by atoms with van der Waals surface area (Å²) in [6.45, 7) is 1.78. The minimum atomic E-state index is 0.841. The first-order chi connectivity index (χ1) is 8.79. The molecule has 0 aliphatic heterocycles. The highest BCUT2D eigenvalue weighted by molar-refractivity contribution is 7.10. The number of anilines is 1. The van der Waals surface area contributed by atoms with Gasteiger partial charge < -0.3 is 15.8 Å². The third-order valence-corrected chi connectivity index (χ3v) is 3.73. The fourth-order valence-corrected chi connectivity index (χ4v) is 2.53. The standard InChI is InChI=1S/C14H18N2OS/c1-17-12-4-2-3-11(9-12)5-7-16-10-14-13(15)6-8-18-14/h2-4,6,8-9,16H,5,7,10,15H2,1H3. The number of thiophene rings is 1. The lowest BCUT2D eigenvalue weighted by Gasteiger charge is -2.06. The number of methoxy groups -OCH3 is 1. The van der Waals surface area contributed by atoms with E-state index >= 15 is 0 Å². The van der Waals surface area contributed by atoms with E-state index in [1.165, 1.54) is 10.4 Å². The van der Waals surface area contributed by atoms with Gasteiger partial charge in [0.25, 0.3) is 0 Å². The second-order valence-corrected chi connectivity index (χ2v) is 5.08. The van der Waals surface area contributed by atoms with Gasteiger partial charge in [-0.15, -0.1) is 11.3 Å². The predicted molar refractivity (Wildman–Crippen MR) is 77.1 cm³/mol. The zero-order chi connectivity index (χ0) is 12.8. The third kappa shape index (κ3) is 3.48. The molecule has 2 rings (SSSR count). The molecule has 3 nitrogen and oxygen atoms in total. The number of benzene rings is 1. The first-order valence-electron chi connectivity index (χ1n) is 5.95. The summed E-state index contributed by atoms with van der Waals surface area (Å²) in [4.78, 5) is 1.21. The molecule has 0 saturated heterocycles. The van der Waals surface area contributed by atoms with Gasteiger partial charge in [-0.05, 0) is 42.1 Å². The van der Waals surface area contributed by atoms with Gasteiger partial charge in [0.05, 0.1) is 7.11 Å². The zero-order valence-corrected chi connectivity index (χ0v) is 11.3. The van der Waals surface area contributed by atoms with Crippen LogP contribution in [-0.2, 0) is 13.0 Å². The Hall–Kier alpha value is -1.52. The highest BCUT2D eigenvalue weighted by atomic mass is 32.1. The van der Waals surface area contributed by atoms with Crippen LogP contribution in [0.2, 0.25) is 0 Å². The number of nitrogens with one attached hydrogen (secondary N) is 1. The van der Waals surface area contributed by atoms with Gasteiger partial charge in [-0.25, -0.2) is 0 Å². The number of rotatable bonds is 6. The van der Waals surface area contributed by atoms with E-state index < -0.39 is 0 Å². The average molecular weight is 262 g/mol. The lowest BCUT2D eigenvalue weighted by molar-refractivity contribution is 0.414. The molecule has 0 spiro atoms. The molecular weight excluding hydrogens is 244 g/mol. The Morgan fingerprint density at radius 1 is 1.33 bits per heavy atom. The Morgan fingerprint density at radius 2 is 2.22 bits per heavy atom. The van der Waals surface area contributed by atoms with E-state index in [1.54, 1.807) is 18.4 Å². The maximum atomic E-state index is 5.83. The third-order valence-electron chi connectivity index (χ3n) is 2.79. The van der Waals surface area contributed by atoms with Crippen molar-refractivity contribution in [1.82, 2.24) is 5.32 Å². The van der Waals surface area contributed by atoms with E-state index in [0.29, 0.717) is 0 Å². The number of ether oxygens (including phenoxy) is 1. The molecule has 0 aliphatic carbocycles. The zero-order valence-electron chi connectivity index (χ0n) is 10.5. The molecule has 0 unspecified atom stereocenters. The highest BCUT2D eigenvalue weighted by Gasteiger charge is 2.00. The molecule has 0 radical (unpaired) electrons. The maximum absolute atomic E-state index is 5.83. The molecule has 1 heterocycles. The Kier molecular flexibility index (Phi) is 4.61. The maximum Gasteiger partial charge on any atom is 0.119 e. The lowest BCUT2D eigenvalue weighted by Crippen LogP contribution is -2.16. The molecule has 96 valence electrons. The molecule has 1 aromatic carbocycles. The molecule has 3 N–H and O–H groups in total. The van der Waals surface area contributed by atoms with Crippen molar-refractivity contribution in [3.8, 4) is 5.75 Å². The molecule has 4 heteroatoms. The summed E-state index contributed by atoms with van der Waals surface area (Å²) in [5, 5.41) is 5.43. The molecule has 18 heavy (non-hydrogen) atoms. The van der Waals surface area contributed by atoms with E-state index in [2.05, 4.69) is 17.4 Å². The smallest absolute Gasteiger partial charge is 0.119 e. The van der Waals surface area contributed by atoms with E-state index in [0.717, 1.165) is 30.9 Å². The average Bonchev–Trinajstić information content (AvgIpc) is 2.81. The van der Waals surface area contributed by atoms with Crippen LogP contribution in [0.3, 0.4) is 0 Å². The molecule has 0 aliphatic rings. The fraction of sp³-hybridized carbons (Fsp3) is 0.286. The number of nitrogen functional groups attached to an aromatic ring is 1. The molecular formula is C14H18N2OS. The van der Waals surface area contributed by atoms with Gasteiger partial charge in [-0.2, -0.15) is 0 Å². The van der Waals surface area contributed by atoms with Crippen molar-refractivity contribution in [2.24, 2.45) is 0 Å². The van der Waals surface area contributed by atoms with Crippen LogP contribution in [0, 0.1) is 0 Å². The minimum Gasteiger partial charge on any atom is -0.497 e. The van der Waals surface area contributed by atoms with E-state index in [4.69, 9.17) is 10.5 Å². The van der Waals surface area contributed by atoms with Crippen molar-refractivity contribution in [3.63, 3.8) is 0 Å². The summed E-state index contributed by atoms with van der Waals surface area (Å²) in [5.74, 6) is 0.912. The van der Waals surface area contributed by atoms with E-state index in [1.807, 2.05) is 23.6 Å². The summed E-state index contributed by atoms with van der Waals surface area (Å²) in [7, 11) is 1.69. The van der Waals surface area contributed by atoms with E-state index in [-0.39, 0.29) is 0 Å². The van der Waals surface area contributed by atoms with Crippen LogP contribution in [0.5, 0.6) is 5.75 Å². The monoisotopic (exact) mass is 262 g/mol. The summed E-state index contributed by atoms with van der Waals surface area (Å²) < 4.78 is 5.20. The first kappa shape index (κ1) is 12.9. The Labute approximate surface area is 112 Å². The van der Waals surface area contributed by atoms with Gasteiger partial charge >= 0.3 is 0 Å². The molecule has 0 amide bonds. The van der Waals surface area contributed by atoms with Crippen LogP contribution in [0.15, 0.2) is 35.7 Å². The Morgan fingerprint density at radius 3 is 2.94 bits per heavy atom. The van der Waals surface area contributed by atoms with Crippen LogP contribution in [0.4, 0.5) is 5.69 Å². The number of hydrogen-bond donors (Lipinski definition) is 2. The van der Waals surface area contributed by atoms with Gasteiger partial charge in [-0.1, -0.05) is 12.1 Å². The second kappa shape index (κ2) is 6.42. The predicted octanol–water partition coefficient (Wildman–Crippen LogP) is 2.67. The van der Waals surface area contributed by atoms with Crippen LogP contribution in [0.1, 0.15) is 10.4 Å². The summed E-state index contributed by atoms with van der Waals surface area (Å²) in [5.41, 5.74) is 7.99. The number of hydrogen-bond acceptors (Lipinski definition) is 4. The fourth-order valence-electron chi connectivity index (χ4n) is 1.76. The van der Waals surface area contributed by atoms with Crippen LogP contribution in [-0.4, -0.2) is 13.7 Å². The van der Waals surface area contributed by atoms with Crippen molar-refractivity contribution in [2.75, 3.05) is 19.4 Å². The van der Waals surface area contributed by atoms with E-state index in [9.17, 15) is 0 Å². The van der Waals surface area contributed by atoms with Gasteiger partial charge in [0, 0.05) is 17.1 Å². The van der Waals surface area contributed by atoms with Crippen molar-refractivity contribution >= 4 is 17.0 Å². The molecule has 0 fully saturated rings. The highest BCUT2D eigenvalue weighted by Crippen LogP contribution is 2.18. The van der Waals surface area contributed by atoms with Crippen molar-refractivity contribution in [1.29, 1.82) is 0 Å². The Balaban J connectivity index is 1.76. The van der Waals surface area contributed by atoms with Crippen molar-refractivity contribution in [3.05, 3.63) is 46.2 Å². The van der Waals surface area contributed by atoms with Crippen molar-refractivity contribution in [2.45, 2.75) is 13.0 Å². The topological polar surface area (TPSA) is 47.3 Å². The quantitative estimate of drug-likeness (QED) is 0.787. The summed E-state index contributed by atoms with van der Waals surface area (Å²) >= 11 is 1.69. The first-order valence-corrected chi connectivity index (χ1v) is 6.83. The minimum absolute atomic E-state index is 0.841. The lowest BCUT2D eigenvalue weighted by atomic mass is 10.1. The Bertz CT molecular complexity index is 496. The van der Waals surface area contributed by atoms with Gasteiger partial charge in [0.15, 0.2) is 0 Å². The molecule has 0 atom stereocenters. The van der Waals surface area contributed by atoms with Gasteiger partial charge in [0.1, 0.15) is 5.75 Å². The van der Waals surface area contributed by atoms with Crippen LogP contribution < -0.4 is 15.8 Å². The summed E-state index contributed by atoms with van der Waals surface area (Å²) in [6.07, 6.45) is 0.989. The molecule has 2 aromatic rings. The van der Waals surface area contributed by atoms with Gasteiger partial charge in [0.2, 0.25) is 0 Å².